The third-order valence-corrected chi connectivity index (χ3v) is 4.76. The first-order chi connectivity index (χ1) is 13.0. The van der Waals surface area contributed by atoms with Gasteiger partial charge in [0.2, 0.25) is 11.5 Å². The molecule has 1 amide bonds. The van der Waals surface area contributed by atoms with Gasteiger partial charge in [-0.2, -0.15) is 0 Å². The highest BCUT2D eigenvalue weighted by atomic mass is 35.5. The van der Waals surface area contributed by atoms with E-state index >= 15 is 0 Å². The molecule has 4 aromatic rings. The monoisotopic (exact) mass is 381 g/mol. The van der Waals surface area contributed by atoms with Gasteiger partial charge in [0.05, 0.1) is 12.4 Å². The second-order valence-corrected chi connectivity index (χ2v) is 6.67. The van der Waals surface area contributed by atoms with E-state index in [4.69, 9.17) is 16.0 Å². The predicted molar refractivity (Wildman–Crippen MR) is 104 cm³/mol. The molecule has 0 aliphatic carbocycles. The molecule has 0 spiro atoms. The summed E-state index contributed by atoms with van der Waals surface area (Å²) >= 11 is 6.16. The number of hydrogen-bond acceptors (Lipinski definition) is 4. The first kappa shape index (κ1) is 17.3. The van der Waals surface area contributed by atoms with Crippen molar-refractivity contribution in [3.63, 3.8) is 0 Å². The Balaban J connectivity index is 1.59. The van der Waals surface area contributed by atoms with Crippen molar-refractivity contribution in [2.45, 2.75) is 19.5 Å². The second kappa shape index (κ2) is 6.89. The minimum Gasteiger partial charge on any atom is -0.448 e. The predicted octanol–water partition coefficient (Wildman–Crippen LogP) is 3.67. The Morgan fingerprint density at radius 1 is 1.22 bits per heavy atom. The Hall–Kier alpha value is -3.12. The number of furan rings is 1. The van der Waals surface area contributed by atoms with Gasteiger partial charge in [-0.25, -0.2) is 4.98 Å². The maximum absolute atomic E-state index is 12.7. The molecule has 0 saturated carbocycles. The molecule has 0 fully saturated rings. The van der Waals surface area contributed by atoms with Crippen LogP contribution in [0.15, 0.2) is 64.1 Å². The first-order valence-corrected chi connectivity index (χ1v) is 8.83. The van der Waals surface area contributed by atoms with Crippen molar-refractivity contribution in [2.24, 2.45) is 0 Å². The summed E-state index contributed by atoms with van der Waals surface area (Å²) < 4.78 is 6.86. The minimum atomic E-state index is -0.392. The molecular formula is C20H16ClN3O3. The molecule has 1 N–H and O–H groups in total. The quantitative estimate of drug-likeness (QED) is 0.585. The number of rotatable bonds is 4. The molecular weight excluding hydrogens is 366 g/mol. The molecule has 0 aliphatic rings. The summed E-state index contributed by atoms with van der Waals surface area (Å²) in [6, 6.07) is 14.3. The van der Waals surface area contributed by atoms with E-state index < -0.39 is 5.56 Å². The Bertz CT molecular complexity index is 1210. The highest BCUT2D eigenvalue weighted by molar-refractivity contribution is 6.31. The largest absolute Gasteiger partial charge is 0.448 e. The molecule has 1 unspecified atom stereocenters. The van der Waals surface area contributed by atoms with E-state index in [0.717, 1.165) is 10.9 Å². The third-order valence-electron chi connectivity index (χ3n) is 4.41. The number of aromatic nitrogens is 2. The van der Waals surface area contributed by atoms with Gasteiger partial charge in [-0.15, -0.1) is 0 Å². The van der Waals surface area contributed by atoms with Crippen LogP contribution in [0.3, 0.4) is 0 Å². The molecule has 2 aromatic carbocycles. The number of benzene rings is 2. The first-order valence-electron chi connectivity index (χ1n) is 8.45. The number of nitrogens with one attached hydrogen (secondary N) is 1. The van der Waals surface area contributed by atoms with Gasteiger partial charge in [-0.05, 0) is 30.7 Å². The lowest BCUT2D eigenvalue weighted by Crippen LogP contribution is -2.33. The highest BCUT2D eigenvalue weighted by Gasteiger charge is 2.16. The average Bonchev–Trinajstić information content (AvgIpc) is 3.04. The normalized spacial score (nSPS) is 12.4. The second-order valence-electron chi connectivity index (χ2n) is 6.26. The van der Waals surface area contributed by atoms with Crippen LogP contribution in [-0.4, -0.2) is 15.5 Å². The Labute approximate surface area is 159 Å². The minimum absolute atomic E-state index is 0.144. The highest BCUT2D eigenvalue weighted by Crippen LogP contribution is 2.24. The van der Waals surface area contributed by atoms with Crippen molar-refractivity contribution in [1.82, 2.24) is 14.9 Å². The molecule has 2 heterocycles. The van der Waals surface area contributed by atoms with Crippen LogP contribution < -0.4 is 10.9 Å². The summed E-state index contributed by atoms with van der Waals surface area (Å²) in [5.41, 5.74) is 1.65. The number of hydrogen-bond donors (Lipinski definition) is 1. The number of fused-ring (bicyclic) bond motifs is 3. The number of para-hydroxylation sites is 1. The molecule has 1 atom stereocenters. The fourth-order valence-electron chi connectivity index (χ4n) is 3.07. The van der Waals surface area contributed by atoms with E-state index in [1.807, 2.05) is 43.3 Å². The van der Waals surface area contributed by atoms with Crippen LogP contribution in [0.2, 0.25) is 5.02 Å². The molecule has 0 aliphatic heterocycles. The molecule has 27 heavy (non-hydrogen) atoms. The van der Waals surface area contributed by atoms with Crippen molar-refractivity contribution in [3.05, 3.63) is 75.8 Å². The van der Waals surface area contributed by atoms with Gasteiger partial charge in [-0.1, -0.05) is 41.9 Å². The number of nitrogens with zero attached hydrogens (tertiary/aromatic N) is 2. The van der Waals surface area contributed by atoms with Gasteiger partial charge >= 0.3 is 0 Å². The summed E-state index contributed by atoms with van der Waals surface area (Å²) in [5, 5.41) is 4.19. The Morgan fingerprint density at radius 2 is 1.96 bits per heavy atom. The number of carbonyl (C=O) groups is 1. The number of halogens is 1. The van der Waals surface area contributed by atoms with E-state index in [1.54, 1.807) is 12.1 Å². The lowest BCUT2D eigenvalue weighted by Gasteiger charge is -2.16. The maximum Gasteiger partial charge on any atom is 0.297 e. The van der Waals surface area contributed by atoms with Crippen LogP contribution in [0.5, 0.6) is 0 Å². The van der Waals surface area contributed by atoms with Crippen LogP contribution in [0.25, 0.3) is 22.1 Å². The van der Waals surface area contributed by atoms with Gasteiger partial charge in [-0.3, -0.25) is 14.2 Å². The zero-order valence-electron chi connectivity index (χ0n) is 14.5. The lowest BCUT2D eigenvalue weighted by atomic mass is 10.1. The van der Waals surface area contributed by atoms with Gasteiger partial charge in [0.25, 0.3) is 5.56 Å². The van der Waals surface area contributed by atoms with E-state index in [0.29, 0.717) is 16.1 Å². The smallest absolute Gasteiger partial charge is 0.297 e. The molecule has 6 nitrogen and oxygen atoms in total. The number of carbonyl (C=O) groups excluding carboxylic acids is 1. The SMILES string of the molecule is CC(NC(=O)Cn1cnc2c(oc3ccccc32)c1=O)c1ccccc1Cl. The average molecular weight is 382 g/mol. The van der Waals surface area contributed by atoms with Crippen LogP contribution >= 0.6 is 11.6 Å². The fraction of sp³-hybridized carbons (Fsp3) is 0.150. The van der Waals surface area contributed by atoms with Gasteiger partial charge in [0.15, 0.2) is 0 Å². The molecule has 2 aromatic heterocycles. The van der Waals surface area contributed by atoms with Gasteiger partial charge in [0.1, 0.15) is 17.6 Å². The van der Waals surface area contributed by atoms with Crippen molar-refractivity contribution < 1.29 is 9.21 Å². The van der Waals surface area contributed by atoms with Crippen molar-refractivity contribution in [3.8, 4) is 0 Å². The van der Waals surface area contributed by atoms with Gasteiger partial charge in [0, 0.05) is 10.4 Å². The van der Waals surface area contributed by atoms with Crippen molar-refractivity contribution in [2.75, 3.05) is 0 Å². The van der Waals surface area contributed by atoms with Crippen LogP contribution in [0.1, 0.15) is 18.5 Å². The molecule has 0 saturated heterocycles. The molecule has 0 radical (unpaired) electrons. The van der Waals surface area contributed by atoms with Crippen LogP contribution in [0, 0.1) is 0 Å². The van der Waals surface area contributed by atoms with Crippen LogP contribution in [0.4, 0.5) is 0 Å². The summed E-state index contributed by atoms with van der Waals surface area (Å²) in [6.07, 6.45) is 1.37. The zero-order valence-corrected chi connectivity index (χ0v) is 15.2. The topological polar surface area (TPSA) is 77.1 Å². The zero-order chi connectivity index (χ0) is 19.0. The number of amides is 1. The molecule has 7 heteroatoms. The van der Waals surface area contributed by atoms with Crippen LogP contribution in [-0.2, 0) is 11.3 Å². The van der Waals surface area contributed by atoms with E-state index in [-0.39, 0.29) is 24.1 Å². The van der Waals surface area contributed by atoms with Gasteiger partial charge < -0.3 is 9.73 Å². The summed E-state index contributed by atoms with van der Waals surface area (Å²) in [6.45, 7) is 1.68. The lowest BCUT2D eigenvalue weighted by molar-refractivity contribution is -0.122. The Kier molecular flexibility index (Phi) is 4.41. The fourth-order valence-corrected chi connectivity index (χ4v) is 3.37. The summed E-state index contributed by atoms with van der Waals surface area (Å²) in [4.78, 5) is 29.4. The van der Waals surface area contributed by atoms with Crippen molar-refractivity contribution in [1.29, 1.82) is 0 Å². The molecule has 136 valence electrons. The molecule has 4 rings (SSSR count). The standard InChI is InChI=1S/C20H16ClN3O3/c1-12(13-6-2-4-8-15(13)21)23-17(25)10-24-11-22-18-14-7-3-5-9-16(14)27-19(18)20(24)26/h2-9,11-12H,10H2,1H3,(H,23,25). The van der Waals surface area contributed by atoms with E-state index in [2.05, 4.69) is 10.3 Å². The summed E-state index contributed by atoms with van der Waals surface area (Å²) in [7, 11) is 0. The maximum atomic E-state index is 12.7. The van der Waals surface area contributed by atoms with Crippen molar-refractivity contribution >= 4 is 39.6 Å². The third kappa shape index (κ3) is 3.19. The van der Waals surface area contributed by atoms with E-state index in [9.17, 15) is 9.59 Å². The summed E-state index contributed by atoms with van der Waals surface area (Å²) in [5.74, 6) is -0.318. The van der Waals surface area contributed by atoms with E-state index in [1.165, 1.54) is 10.9 Å². The molecule has 0 bridgehead atoms. The Morgan fingerprint density at radius 3 is 2.78 bits per heavy atom.